The smallest absolute Gasteiger partial charge is 0.292 e. The van der Waals surface area contributed by atoms with Gasteiger partial charge in [0.2, 0.25) is 15.9 Å². The minimum Gasteiger partial charge on any atom is -0.355 e. The third-order valence-corrected chi connectivity index (χ3v) is 4.56. The monoisotopic (exact) mass is 317 g/mol. The topological polar surface area (TPSA) is 118 Å². The fourth-order valence-corrected chi connectivity index (χ4v) is 3.40. The summed E-state index contributed by atoms with van der Waals surface area (Å²) in [4.78, 5) is 20.3. The van der Waals surface area contributed by atoms with E-state index < -0.39 is 37.4 Å². The van der Waals surface area contributed by atoms with Crippen molar-refractivity contribution in [1.82, 2.24) is 10.0 Å². The van der Waals surface area contributed by atoms with E-state index in [1.807, 2.05) is 0 Å². The van der Waals surface area contributed by atoms with Crippen LogP contribution in [0.3, 0.4) is 0 Å². The Labute approximate surface area is 119 Å². The van der Waals surface area contributed by atoms with E-state index in [0.29, 0.717) is 12.5 Å². The molecule has 1 saturated heterocycles. The van der Waals surface area contributed by atoms with Crippen LogP contribution in [0.4, 0.5) is 10.1 Å². The number of benzene rings is 1. The van der Waals surface area contributed by atoms with Gasteiger partial charge in [-0.15, -0.1) is 0 Å². The van der Waals surface area contributed by atoms with Crippen molar-refractivity contribution in [3.8, 4) is 0 Å². The van der Waals surface area contributed by atoms with Crippen molar-refractivity contribution in [3.63, 3.8) is 0 Å². The van der Waals surface area contributed by atoms with Crippen LogP contribution in [0.2, 0.25) is 0 Å². The fraction of sp³-hybridized carbons (Fsp3) is 0.364. The summed E-state index contributed by atoms with van der Waals surface area (Å²) in [5.41, 5.74) is -0.831. The van der Waals surface area contributed by atoms with Crippen molar-refractivity contribution in [2.24, 2.45) is 0 Å². The van der Waals surface area contributed by atoms with Gasteiger partial charge in [0.1, 0.15) is 5.82 Å². The second-order valence-corrected chi connectivity index (χ2v) is 6.21. The molecule has 2 N–H and O–H groups in total. The Hall–Kier alpha value is -2.07. The van der Waals surface area contributed by atoms with Gasteiger partial charge in [0, 0.05) is 19.0 Å². The van der Waals surface area contributed by atoms with Crippen molar-refractivity contribution in [1.29, 1.82) is 0 Å². The molecule has 1 aliphatic heterocycles. The van der Waals surface area contributed by atoms with Crippen molar-refractivity contribution >= 4 is 21.6 Å². The number of hydrogen-bond donors (Lipinski definition) is 2. The number of nitrogens with one attached hydrogen (secondary N) is 2. The summed E-state index contributed by atoms with van der Waals surface area (Å²) in [5, 5.41) is 13.3. The average Bonchev–Trinajstić information content (AvgIpc) is 2.40. The van der Waals surface area contributed by atoms with Crippen LogP contribution in [0.15, 0.2) is 23.1 Å². The third-order valence-electron chi connectivity index (χ3n) is 2.99. The maximum absolute atomic E-state index is 13.0. The molecule has 0 saturated carbocycles. The lowest BCUT2D eigenvalue weighted by Gasteiger charge is -2.23. The average molecular weight is 317 g/mol. The van der Waals surface area contributed by atoms with Gasteiger partial charge in [-0.1, -0.05) is 0 Å². The molecule has 1 fully saturated rings. The Morgan fingerprint density at radius 1 is 1.43 bits per heavy atom. The summed E-state index contributed by atoms with van der Waals surface area (Å²) in [7, 11) is -4.18. The number of piperidine rings is 1. The van der Waals surface area contributed by atoms with E-state index in [2.05, 4.69) is 10.0 Å². The van der Waals surface area contributed by atoms with E-state index in [1.54, 1.807) is 0 Å². The largest absolute Gasteiger partial charge is 0.355 e. The summed E-state index contributed by atoms with van der Waals surface area (Å²) < 4.78 is 39.6. The molecular weight excluding hydrogens is 305 g/mol. The molecule has 1 atom stereocenters. The molecule has 0 radical (unpaired) electrons. The van der Waals surface area contributed by atoms with Crippen molar-refractivity contribution < 1.29 is 22.5 Å². The van der Waals surface area contributed by atoms with Crippen LogP contribution in [0.25, 0.3) is 0 Å². The van der Waals surface area contributed by atoms with Gasteiger partial charge >= 0.3 is 0 Å². The first-order chi connectivity index (χ1) is 9.79. The SMILES string of the molecule is O=C1CCC(NS(=O)(=O)c2ccc(F)cc2[N+](=O)[O-])CN1. The van der Waals surface area contributed by atoms with Gasteiger partial charge in [-0.25, -0.2) is 17.5 Å². The molecule has 10 heteroatoms. The summed E-state index contributed by atoms with van der Waals surface area (Å²) in [6, 6.07) is 1.68. The van der Waals surface area contributed by atoms with Crippen LogP contribution in [-0.2, 0) is 14.8 Å². The third kappa shape index (κ3) is 3.52. The van der Waals surface area contributed by atoms with E-state index in [0.717, 1.165) is 12.1 Å². The molecule has 8 nitrogen and oxygen atoms in total. The van der Waals surface area contributed by atoms with Crippen molar-refractivity contribution in [2.75, 3.05) is 6.54 Å². The zero-order valence-electron chi connectivity index (χ0n) is 10.7. The van der Waals surface area contributed by atoms with E-state index in [1.165, 1.54) is 0 Å². The van der Waals surface area contributed by atoms with Crippen molar-refractivity contribution in [3.05, 3.63) is 34.1 Å². The van der Waals surface area contributed by atoms with Gasteiger partial charge in [-0.3, -0.25) is 14.9 Å². The van der Waals surface area contributed by atoms with Gasteiger partial charge in [-0.05, 0) is 18.6 Å². The minimum atomic E-state index is -4.18. The first-order valence-corrected chi connectivity index (χ1v) is 7.51. The lowest BCUT2D eigenvalue weighted by molar-refractivity contribution is -0.388. The lowest BCUT2D eigenvalue weighted by atomic mass is 10.1. The van der Waals surface area contributed by atoms with Crippen LogP contribution >= 0.6 is 0 Å². The van der Waals surface area contributed by atoms with Gasteiger partial charge in [0.25, 0.3) is 5.69 Å². The number of rotatable bonds is 4. The maximum atomic E-state index is 13.0. The molecule has 0 aromatic heterocycles. The standard InChI is InChI=1S/C11H12FN3O5S/c12-7-1-3-10(9(5-7)15(17)18)21(19,20)14-8-2-4-11(16)13-6-8/h1,3,5,8,14H,2,4,6H2,(H,13,16). The second kappa shape index (κ2) is 5.74. The molecule has 1 aliphatic rings. The van der Waals surface area contributed by atoms with Crippen LogP contribution in [0.1, 0.15) is 12.8 Å². The molecular formula is C11H12FN3O5S. The second-order valence-electron chi connectivity index (χ2n) is 4.53. The fourth-order valence-electron chi connectivity index (χ4n) is 1.98. The van der Waals surface area contributed by atoms with E-state index in [-0.39, 0.29) is 18.9 Å². The highest BCUT2D eigenvalue weighted by molar-refractivity contribution is 7.89. The number of carbonyl (C=O) groups excluding carboxylic acids is 1. The van der Waals surface area contributed by atoms with Crippen LogP contribution in [0, 0.1) is 15.9 Å². The molecule has 2 rings (SSSR count). The van der Waals surface area contributed by atoms with Crippen LogP contribution in [0.5, 0.6) is 0 Å². The van der Waals surface area contributed by atoms with E-state index >= 15 is 0 Å². The first kappa shape index (κ1) is 15.3. The molecule has 0 aliphatic carbocycles. The Balaban J connectivity index is 2.27. The highest BCUT2D eigenvalue weighted by atomic mass is 32.2. The summed E-state index contributed by atoms with van der Waals surface area (Å²) in [5.74, 6) is -1.08. The Bertz CT molecular complexity index is 681. The Kier molecular flexibility index (Phi) is 4.19. The molecule has 0 bridgehead atoms. The molecule has 1 aromatic carbocycles. The number of carbonyl (C=O) groups is 1. The van der Waals surface area contributed by atoms with Crippen molar-refractivity contribution in [2.45, 2.75) is 23.8 Å². The summed E-state index contributed by atoms with van der Waals surface area (Å²) >= 11 is 0. The predicted molar refractivity (Wildman–Crippen MR) is 69.4 cm³/mol. The molecule has 0 spiro atoms. The Morgan fingerprint density at radius 3 is 2.71 bits per heavy atom. The summed E-state index contributed by atoms with van der Waals surface area (Å²) in [6.45, 7) is 0.104. The number of hydrogen-bond acceptors (Lipinski definition) is 5. The number of nitrogens with zero attached hydrogens (tertiary/aromatic N) is 1. The lowest BCUT2D eigenvalue weighted by Crippen LogP contribution is -2.47. The molecule has 21 heavy (non-hydrogen) atoms. The predicted octanol–water partition coefficient (Wildman–Crippen LogP) is 0.291. The quantitative estimate of drug-likeness (QED) is 0.611. The normalized spacial score (nSPS) is 19.1. The number of amides is 1. The minimum absolute atomic E-state index is 0.104. The highest BCUT2D eigenvalue weighted by Crippen LogP contribution is 2.25. The summed E-state index contributed by atoms with van der Waals surface area (Å²) in [6.07, 6.45) is 0.457. The maximum Gasteiger partial charge on any atom is 0.292 e. The Morgan fingerprint density at radius 2 is 2.14 bits per heavy atom. The molecule has 1 amide bonds. The highest BCUT2D eigenvalue weighted by Gasteiger charge is 2.30. The molecule has 1 unspecified atom stereocenters. The van der Waals surface area contributed by atoms with Crippen LogP contribution < -0.4 is 10.0 Å². The number of nitro groups is 1. The molecule has 1 aromatic rings. The number of nitro benzene ring substituents is 1. The molecule has 1 heterocycles. The first-order valence-electron chi connectivity index (χ1n) is 6.02. The van der Waals surface area contributed by atoms with Gasteiger partial charge in [0.15, 0.2) is 4.90 Å². The van der Waals surface area contributed by atoms with E-state index in [4.69, 9.17) is 0 Å². The van der Waals surface area contributed by atoms with Gasteiger partial charge < -0.3 is 5.32 Å². The number of halogens is 1. The zero-order valence-corrected chi connectivity index (χ0v) is 11.5. The zero-order chi connectivity index (χ0) is 15.6. The number of sulfonamides is 1. The van der Waals surface area contributed by atoms with Crippen LogP contribution in [-0.4, -0.2) is 31.8 Å². The van der Waals surface area contributed by atoms with Gasteiger partial charge in [-0.2, -0.15) is 0 Å². The van der Waals surface area contributed by atoms with E-state index in [9.17, 15) is 27.7 Å². The van der Waals surface area contributed by atoms with Gasteiger partial charge in [0.05, 0.1) is 11.0 Å². The molecule has 114 valence electrons.